The molecule has 82 valence electrons. The minimum atomic E-state index is 0.594. The van der Waals surface area contributed by atoms with E-state index in [0.717, 1.165) is 17.7 Å². The summed E-state index contributed by atoms with van der Waals surface area (Å²) in [5.74, 6) is 3.57. The number of nitrogens with zero attached hydrogens (tertiary/aromatic N) is 2. The van der Waals surface area contributed by atoms with Crippen molar-refractivity contribution in [2.45, 2.75) is 18.3 Å². The van der Waals surface area contributed by atoms with Crippen LogP contribution in [-0.4, -0.2) is 29.1 Å². The number of anilines is 1. The number of hydrogen-bond acceptors (Lipinski definition) is 3. The highest BCUT2D eigenvalue weighted by Gasteiger charge is 2.21. The molecule has 1 unspecified atom stereocenters. The molecule has 1 fully saturated rings. The van der Waals surface area contributed by atoms with Crippen LogP contribution in [0.15, 0.2) is 18.3 Å². The Morgan fingerprint density at radius 2 is 2.53 bits per heavy atom. The maximum absolute atomic E-state index is 4.51. The maximum atomic E-state index is 4.51. The lowest BCUT2D eigenvalue weighted by Gasteiger charge is -2.35. The molecule has 2 nitrogen and oxygen atoms in total. The SMILES string of the molecule is CC1CSCCN1c1ncccc1CBr. The first-order valence-electron chi connectivity index (χ1n) is 5.17. The first-order chi connectivity index (χ1) is 7.33. The Balaban J connectivity index is 2.26. The predicted molar refractivity (Wildman–Crippen MR) is 71.0 cm³/mol. The minimum Gasteiger partial charge on any atom is -0.352 e. The van der Waals surface area contributed by atoms with Crippen molar-refractivity contribution < 1.29 is 0 Å². The van der Waals surface area contributed by atoms with Crippen LogP contribution in [0, 0.1) is 0 Å². The molecule has 2 rings (SSSR count). The average Bonchev–Trinajstić information content (AvgIpc) is 2.30. The van der Waals surface area contributed by atoms with Gasteiger partial charge in [0, 0.05) is 41.2 Å². The summed E-state index contributed by atoms with van der Waals surface area (Å²) in [5.41, 5.74) is 1.29. The Labute approximate surface area is 104 Å². The van der Waals surface area contributed by atoms with Gasteiger partial charge in [-0.3, -0.25) is 0 Å². The van der Waals surface area contributed by atoms with Gasteiger partial charge >= 0.3 is 0 Å². The second kappa shape index (κ2) is 5.21. The van der Waals surface area contributed by atoms with Gasteiger partial charge in [-0.25, -0.2) is 4.98 Å². The highest BCUT2D eigenvalue weighted by atomic mass is 79.9. The lowest BCUT2D eigenvalue weighted by atomic mass is 10.2. The Morgan fingerprint density at radius 1 is 1.67 bits per heavy atom. The van der Waals surface area contributed by atoms with Crippen molar-refractivity contribution in [3.8, 4) is 0 Å². The molecule has 15 heavy (non-hydrogen) atoms. The summed E-state index contributed by atoms with van der Waals surface area (Å²) in [6.45, 7) is 3.39. The summed E-state index contributed by atoms with van der Waals surface area (Å²) in [6.07, 6.45) is 1.88. The molecule has 1 aromatic rings. The number of thioether (sulfide) groups is 1. The van der Waals surface area contributed by atoms with Gasteiger partial charge in [0.15, 0.2) is 0 Å². The number of rotatable bonds is 2. The average molecular weight is 287 g/mol. The van der Waals surface area contributed by atoms with E-state index < -0.39 is 0 Å². The second-order valence-electron chi connectivity index (χ2n) is 3.74. The number of pyridine rings is 1. The third-order valence-electron chi connectivity index (χ3n) is 2.65. The highest BCUT2D eigenvalue weighted by molar-refractivity contribution is 9.08. The van der Waals surface area contributed by atoms with Crippen molar-refractivity contribution in [1.82, 2.24) is 4.98 Å². The molecule has 0 aliphatic carbocycles. The van der Waals surface area contributed by atoms with E-state index in [1.165, 1.54) is 17.1 Å². The number of aromatic nitrogens is 1. The van der Waals surface area contributed by atoms with Crippen LogP contribution in [0.3, 0.4) is 0 Å². The van der Waals surface area contributed by atoms with E-state index in [-0.39, 0.29) is 0 Å². The van der Waals surface area contributed by atoms with Gasteiger partial charge in [0.25, 0.3) is 0 Å². The van der Waals surface area contributed by atoms with Gasteiger partial charge in [-0.05, 0) is 13.0 Å². The number of halogens is 1. The molecule has 1 aliphatic rings. The topological polar surface area (TPSA) is 16.1 Å². The van der Waals surface area contributed by atoms with E-state index in [0.29, 0.717) is 6.04 Å². The summed E-state index contributed by atoms with van der Waals surface area (Å²) in [7, 11) is 0. The molecule has 1 saturated heterocycles. The molecule has 2 heterocycles. The summed E-state index contributed by atoms with van der Waals surface area (Å²) in [6, 6.07) is 4.74. The van der Waals surface area contributed by atoms with E-state index in [1.54, 1.807) is 0 Å². The van der Waals surface area contributed by atoms with Crippen LogP contribution in [0.5, 0.6) is 0 Å². The largest absolute Gasteiger partial charge is 0.352 e. The smallest absolute Gasteiger partial charge is 0.132 e. The van der Waals surface area contributed by atoms with Crippen LogP contribution < -0.4 is 4.90 Å². The van der Waals surface area contributed by atoms with Crippen molar-refractivity contribution in [3.63, 3.8) is 0 Å². The zero-order chi connectivity index (χ0) is 10.7. The Bertz CT molecular complexity index is 332. The zero-order valence-corrected chi connectivity index (χ0v) is 11.2. The van der Waals surface area contributed by atoms with Crippen molar-refractivity contribution in [2.75, 3.05) is 23.0 Å². The Morgan fingerprint density at radius 3 is 3.27 bits per heavy atom. The molecule has 1 aliphatic heterocycles. The van der Waals surface area contributed by atoms with Crippen LogP contribution in [-0.2, 0) is 5.33 Å². The van der Waals surface area contributed by atoms with Gasteiger partial charge in [-0.2, -0.15) is 11.8 Å². The fourth-order valence-electron chi connectivity index (χ4n) is 1.83. The number of hydrogen-bond donors (Lipinski definition) is 0. The standard InChI is InChI=1S/C11H15BrN2S/c1-9-8-15-6-5-14(9)11-10(7-12)3-2-4-13-11/h2-4,9H,5-8H2,1H3. The lowest BCUT2D eigenvalue weighted by molar-refractivity contribution is 0.687. The third kappa shape index (κ3) is 2.48. The molecule has 4 heteroatoms. The van der Waals surface area contributed by atoms with Crippen molar-refractivity contribution in [2.24, 2.45) is 0 Å². The van der Waals surface area contributed by atoms with Crippen LogP contribution in [0.4, 0.5) is 5.82 Å². The van der Waals surface area contributed by atoms with E-state index in [1.807, 2.05) is 24.0 Å². The molecule has 0 amide bonds. The number of alkyl halides is 1. The minimum absolute atomic E-state index is 0.594. The van der Waals surface area contributed by atoms with Crippen LogP contribution in [0.2, 0.25) is 0 Å². The highest BCUT2D eigenvalue weighted by Crippen LogP contribution is 2.26. The van der Waals surface area contributed by atoms with E-state index >= 15 is 0 Å². The Hall–Kier alpha value is -0.220. The molecule has 0 spiro atoms. The third-order valence-corrected chi connectivity index (χ3v) is 4.44. The monoisotopic (exact) mass is 286 g/mol. The molecule has 0 aromatic carbocycles. The quantitative estimate of drug-likeness (QED) is 0.778. The molecule has 0 radical (unpaired) electrons. The van der Waals surface area contributed by atoms with Gasteiger partial charge in [0.2, 0.25) is 0 Å². The van der Waals surface area contributed by atoms with Crippen molar-refractivity contribution in [3.05, 3.63) is 23.9 Å². The lowest BCUT2D eigenvalue weighted by Crippen LogP contribution is -2.41. The van der Waals surface area contributed by atoms with Gasteiger partial charge in [-0.1, -0.05) is 22.0 Å². The summed E-state index contributed by atoms with van der Waals surface area (Å²) in [5, 5.41) is 0.881. The second-order valence-corrected chi connectivity index (χ2v) is 5.45. The predicted octanol–water partition coefficient (Wildman–Crippen LogP) is 2.92. The molecule has 0 bridgehead atoms. The molecule has 0 N–H and O–H groups in total. The maximum Gasteiger partial charge on any atom is 0.132 e. The van der Waals surface area contributed by atoms with Crippen molar-refractivity contribution in [1.29, 1.82) is 0 Å². The fraction of sp³-hybridized carbons (Fsp3) is 0.545. The van der Waals surface area contributed by atoms with E-state index in [9.17, 15) is 0 Å². The summed E-state index contributed by atoms with van der Waals surface area (Å²) in [4.78, 5) is 6.93. The first-order valence-corrected chi connectivity index (χ1v) is 7.45. The van der Waals surface area contributed by atoms with Gasteiger partial charge in [-0.15, -0.1) is 0 Å². The summed E-state index contributed by atoms with van der Waals surface area (Å²) < 4.78 is 0. The zero-order valence-electron chi connectivity index (χ0n) is 8.82. The molecule has 1 atom stereocenters. The molecular formula is C11H15BrN2S. The van der Waals surface area contributed by atoms with Crippen LogP contribution >= 0.6 is 27.7 Å². The normalized spacial score (nSPS) is 21.7. The van der Waals surface area contributed by atoms with Gasteiger partial charge in [0.05, 0.1) is 0 Å². The fourth-order valence-corrected chi connectivity index (χ4v) is 3.29. The van der Waals surface area contributed by atoms with E-state index in [2.05, 4.69) is 38.8 Å². The van der Waals surface area contributed by atoms with E-state index in [4.69, 9.17) is 0 Å². The van der Waals surface area contributed by atoms with Gasteiger partial charge in [0.1, 0.15) is 5.82 Å². The Kier molecular flexibility index (Phi) is 3.92. The van der Waals surface area contributed by atoms with Crippen LogP contribution in [0.1, 0.15) is 12.5 Å². The first kappa shape index (κ1) is 11.3. The van der Waals surface area contributed by atoms with Crippen LogP contribution in [0.25, 0.3) is 0 Å². The molecule has 0 saturated carbocycles. The molecular weight excluding hydrogens is 272 g/mol. The summed E-state index contributed by atoms with van der Waals surface area (Å²) >= 11 is 5.56. The van der Waals surface area contributed by atoms with Crippen molar-refractivity contribution >= 4 is 33.5 Å². The van der Waals surface area contributed by atoms with Gasteiger partial charge < -0.3 is 4.90 Å². The molecule has 1 aromatic heterocycles.